The van der Waals surface area contributed by atoms with Gasteiger partial charge in [0.1, 0.15) is 5.75 Å². The number of nitrogens with one attached hydrogen (secondary N) is 1. The first-order chi connectivity index (χ1) is 8.58. The number of hydrogen-bond acceptors (Lipinski definition) is 3. The van der Waals surface area contributed by atoms with Crippen molar-refractivity contribution in [3.8, 4) is 5.75 Å². The third kappa shape index (κ3) is 3.74. The Hall–Kier alpha value is -1.55. The fraction of sp³-hybridized carbons (Fsp3) is 0.500. The van der Waals surface area contributed by atoms with Crippen LogP contribution in [-0.2, 0) is 4.79 Å². The Labute approximate surface area is 107 Å². The molecule has 1 aliphatic carbocycles. The normalized spacial score (nSPS) is 17.9. The van der Waals surface area contributed by atoms with Crippen LogP contribution in [0.15, 0.2) is 30.3 Å². The van der Waals surface area contributed by atoms with Crippen molar-refractivity contribution in [3.05, 3.63) is 30.3 Å². The molecule has 1 atom stereocenters. The number of para-hydroxylation sites is 1. The monoisotopic (exact) mass is 249 g/mol. The molecular weight excluding hydrogens is 230 g/mol. The van der Waals surface area contributed by atoms with Crippen LogP contribution in [0.1, 0.15) is 19.8 Å². The molecule has 1 aromatic rings. The summed E-state index contributed by atoms with van der Waals surface area (Å²) < 4.78 is 5.32. The molecule has 2 N–H and O–H groups in total. The van der Waals surface area contributed by atoms with Crippen molar-refractivity contribution in [2.45, 2.75) is 25.4 Å². The molecule has 1 aliphatic rings. The summed E-state index contributed by atoms with van der Waals surface area (Å²) in [7, 11) is 0. The standard InChI is InChI=1S/C14H19NO3/c1-14(17,11-7-8-11)10-15-13(16)9-18-12-5-3-2-4-6-12/h2-6,11,17H,7-10H2,1H3,(H,15,16). The first-order valence-corrected chi connectivity index (χ1v) is 6.25. The Balaban J connectivity index is 1.69. The fourth-order valence-electron chi connectivity index (χ4n) is 1.84. The summed E-state index contributed by atoms with van der Waals surface area (Å²) in [5.41, 5.74) is -0.789. The van der Waals surface area contributed by atoms with E-state index < -0.39 is 5.60 Å². The second kappa shape index (κ2) is 5.40. The average molecular weight is 249 g/mol. The van der Waals surface area contributed by atoms with E-state index in [2.05, 4.69) is 5.32 Å². The summed E-state index contributed by atoms with van der Waals surface area (Å²) in [4.78, 5) is 11.6. The molecule has 1 amide bonds. The molecule has 0 heterocycles. The Morgan fingerprint density at radius 1 is 1.44 bits per heavy atom. The van der Waals surface area contributed by atoms with Gasteiger partial charge in [-0.25, -0.2) is 0 Å². The van der Waals surface area contributed by atoms with Crippen molar-refractivity contribution in [2.75, 3.05) is 13.2 Å². The number of amides is 1. The number of carbonyl (C=O) groups is 1. The molecule has 4 heteroatoms. The molecular formula is C14H19NO3. The van der Waals surface area contributed by atoms with Crippen LogP contribution in [0, 0.1) is 5.92 Å². The van der Waals surface area contributed by atoms with Gasteiger partial charge in [0.05, 0.1) is 5.60 Å². The topological polar surface area (TPSA) is 58.6 Å². The molecule has 18 heavy (non-hydrogen) atoms. The first kappa shape index (κ1) is 12.9. The van der Waals surface area contributed by atoms with E-state index in [0.29, 0.717) is 11.7 Å². The van der Waals surface area contributed by atoms with Gasteiger partial charge in [0.2, 0.25) is 0 Å². The smallest absolute Gasteiger partial charge is 0.258 e. The maximum absolute atomic E-state index is 11.6. The molecule has 0 radical (unpaired) electrons. The summed E-state index contributed by atoms with van der Waals surface area (Å²) in [5.74, 6) is 0.786. The van der Waals surface area contributed by atoms with E-state index in [4.69, 9.17) is 4.74 Å². The zero-order chi connectivity index (χ0) is 13.0. The van der Waals surface area contributed by atoms with Gasteiger partial charge in [-0.05, 0) is 37.8 Å². The lowest BCUT2D eigenvalue weighted by Gasteiger charge is -2.23. The van der Waals surface area contributed by atoms with E-state index in [1.807, 2.05) is 18.2 Å². The summed E-state index contributed by atoms with van der Waals surface area (Å²) in [5, 5.41) is 12.7. The number of carbonyl (C=O) groups excluding carboxylic acids is 1. The van der Waals surface area contributed by atoms with Crippen molar-refractivity contribution >= 4 is 5.91 Å². The fourth-order valence-corrected chi connectivity index (χ4v) is 1.84. The Morgan fingerprint density at radius 3 is 2.72 bits per heavy atom. The van der Waals surface area contributed by atoms with Gasteiger partial charge < -0.3 is 15.2 Å². The minimum Gasteiger partial charge on any atom is -0.484 e. The highest BCUT2D eigenvalue weighted by Crippen LogP contribution is 2.38. The van der Waals surface area contributed by atoms with Crippen LogP contribution < -0.4 is 10.1 Å². The van der Waals surface area contributed by atoms with Crippen molar-refractivity contribution < 1.29 is 14.6 Å². The second-order valence-electron chi connectivity index (χ2n) is 5.01. The maximum Gasteiger partial charge on any atom is 0.258 e. The van der Waals surface area contributed by atoms with Gasteiger partial charge in [0.15, 0.2) is 6.61 Å². The lowest BCUT2D eigenvalue weighted by molar-refractivity contribution is -0.124. The van der Waals surface area contributed by atoms with E-state index in [9.17, 15) is 9.90 Å². The van der Waals surface area contributed by atoms with Crippen molar-refractivity contribution in [1.29, 1.82) is 0 Å². The molecule has 0 spiro atoms. The number of hydrogen-bond donors (Lipinski definition) is 2. The number of benzene rings is 1. The van der Waals surface area contributed by atoms with E-state index >= 15 is 0 Å². The Bertz CT molecular complexity index is 399. The quantitative estimate of drug-likeness (QED) is 0.800. The van der Waals surface area contributed by atoms with Gasteiger partial charge >= 0.3 is 0 Å². The minimum absolute atomic E-state index is 0.0231. The molecule has 0 bridgehead atoms. The Kier molecular flexibility index (Phi) is 3.87. The number of aliphatic hydroxyl groups is 1. The molecule has 98 valence electrons. The van der Waals surface area contributed by atoms with E-state index in [1.54, 1.807) is 19.1 Å². The highest BCUT2D eigenvalue weighted by atomic mass is 16.5. The van der Waals surface area contributed by atoms with Gasteiger partial charge in [-0.3, -0.25) is 4.79 Å². The summed E-state index contributed by atoms with van der Waals surface area (Å²) >= 11 is 0. The van der Waals surface area contributed by atoms with Crippen LogP contribution >= 0.6 is 0 Å². The van der Waals surface area contributed by atoms with E-state index in [1.165, 1.54) is 0 Å². The summed E-state index contributed by atoms with van der Waals surface area (Å²) in [6, 6.07) is 9.19. The lowest BCUT2D eigenvalue weighted by atomic mass is 10.0. The molecule has 0 saturated heterocycles. The molecule has 1 fully saturated rings. The summed E-state index contributed by atoms with van der Waals surface area (Å²) in [6.07, 6.45) is 2.09. The molecule has 1 aromatic carbocycles. The zero-order valence-electron chi connectivity index (χ0n) is 10.6. The Morgan fingerprint density at radius 2 is 2.11 bits per heavy atom. The van der Waals surface area contributed by atoms with E-state index in [0.717, 1.165) is 12.8 Å². The average Bonchev–Trinajstić information content (AvgIpc) is 3.20. The number of ether oxygens (including phenoxy) is 1. The first-order valence-electron chi connectivity index (χ1n) is 6.25. The minimum atomic E-state index is -0.789. The van der Waals surface area contributed by atoms with Gasteiger partial charge in [-0.2, -0.15) is 0 Å². The predicted octanol–water partition coefficient (Wildman–Crippen LogP) is 1.34. The van der Waals surface area contributed by atoms with Gasteiger partial charge in [-0.1, -0.05) is 18.2 Å². The molecule has 0 aliphatic heterocycles. The largest absolute Gasteiger partial charge is 0.484 e. The van der Waals surface area contributed by atoms with Crippen LogP contribution in [0.2, 0.25) is 0 Å². The van der Waals surface area contributed by atoms with Gasteiger partial charge in [0.25, 0.3) is 5.91 Å². The highest BCUT2D eigenvalue weighted by molar-refractivity contribution is 5.77. The third-order valence-corrected chi connectivity index (χ3v) is 3.21. The van der Waals surface area contributed by atoms with Crippen LogP contribution in [-0.4, -0.2) is 29.8 Å². The number of rotatable bonds is 6. The van der Waals surface area contributed by atoms with Crippen molar-refractivity contribution in [3.63, 3.8) is 0 Å². The highest BCUT2D eigenvalue weighted by Gasteiger charge is 2.39. The second-order valence-corrected chi connectivity index (χ2v) is 5.01. The molecule has 0 aromatic heterocycles. The SMILES string of the molecule is CC(O)(CNC(=O)COc1ccccc1)C1CC1. The zero-order valence-corrected chi connectivity index (χ0v) is 10.6. The summed E-state index contributed by atoms with van der Waals surface area (Å²) in [6.45, 7) is 2.03. The lowest BCUT2D eigenvalue weighted by Crippen LogP contribution is -2.43. The van der Waals surface area contributed by atoms with Crippen molar-refractivity contribution in [1.82, 2.24) is 5.32 Å². The molecule has 2 rings (SSSR count). The molecule has 1 unspecified atom stereocenters. The van der Waals surface area contributed by atoms with E-state index in [-0.39, 0.29) is 19.1 Å². The predicted molar refractivity (Wildman–Crippen MR) is 68.3 cm³/mol. The van der Waals surface area contributed by atoms with Gasteiger partial charge in [-0.15, -0.1) is 0 Å². The van der Waals surface area contributed by atoms with Crippen LogP contribution in [0.5, 0.6) is 5.75 Å². The maximum atomic E-state index is 11.6. The van der Waals surface area contributed by atoms with Crippen LogP contribution in [0.3, 0.4) is 0 Å². The third-order valence-electron chi connectivity index (χ3n) is 3.21. The molecule has 4 nitrogen and oxygen atoms in total. The van der Waals surface area contributed by atoms with Crippen LogP contribution in [0.25, 0.3) is 0 Å². The molecule has 1 saturated carbocycles. The van der Waals surface area contributed by atoms with Crippen LogP contribution in [0.4, 0.5) is 0 Å². The van der Waals surface area contributed by atoms with Crippen molar-refractivity contribution in [2.24, 2.45) is 5.92 Å². The van der Waals surface area contributed by atoms with Gasteiger partial charge in [0, 0.05) is 6.54 Å².